The van der Waals surface area contributed by atoms with Crippen LogP contribution in [-0.2, 0) is 9.53 Å². The Labute approximate surface area is 216 Å². The Kier molecular flexibility index (Phi) is 6.37. The molecule has 0 saturated heterocycles. The summed E-state index contributed by atoms with van der Waals surface area (Å²) in [6, 6.07) is 0. The lowest BCUT2D eigenvalue weighted by molar-refractivity contribution is -0.165. The minimum absolute atomic E-state index is 0.0843. The lowest BCUT2D eigenvalue weighted by atomic mass is 9.43. The first kappa shape index (κ1) is 25.8. The molecule has 0 aromatic rings. The third kappa shape index (κ3) is 3.49. The van der Waals surface area contributed by atoms with E-state index in [2.05, 4.69) is 54.5 Å². The van der Waals surface area contributed by atoms with Gasteiger partial charge in [-0.3, -0.25) is 4.79 Å². The molecule has 0 amide bonds. The van der Waals surface area contributed by atoms with Crippen LogP contribution >= 0.6 is 0 Å². The lowest BCUT2D eigenvalue weighted by Crippen LogP contribution is -2.56. The summed E-state index contributed by atoms with van der Waals surface area (Å²) in [5, 5.41) is 0. The van der Waals surface area contributed by atoms with Crippen LogP contribution in [0.3, 0.4) is 0 Å². The Morgan fingerprint density at radius 3 is 2.37 bits per heavy atom. The molecular weight excluding hydrogens is 428 g/mol. The number of carbonyl (C=O) groups excluding carboxylic acids is 1. The number of hydrogen-bond donors (Lipinski definition) is 0. The van der Waals surface area contributed by atoms with Gasteiger partial charge in [0.05, 0.1) is 0 Å². The fraction of sp³-hybridized carbons (Fsp3) is 0.909. The second kappa shape index (κ2) is 8.62. The van der Waals surface area contributed by atoms with Crippen molar-refractivity contribution in [1.82, 2.24) is 0 Å². The molecule has 10 atom stereocenters. The van der Waals surface area contributed by atoms with E-state index in [4.69, 9.17) is 4.74 Å². The van der Waals surface area contributed by atoms with Crippen molar-refractivity contribution in [2.24, 2.45) is 57.2 Å². The van der Waals surface area contributed by atoms with E-state index in [1.165, 1.54) is 64.2 Å². The zero-order valence-corrected chi connectivity index (χ0v) is 24.2. The Morgan fingerprint density at radius 2 is 1.71 bits per heavy atom. The second-order valence-electron chi connectivity index (χ2n) is 14.8. The van der Waals surface area contributed by atoms with Crippen molar-refractivity contribution in [3.63, 3.8) is 0 Å². The van der Waals surface area contributed by atoms with Gasteiger partial charge < -0.3 is 4.74 Å². The minimum Gasteiger partial charge on any atom is -0.462 e. The molecular formula is C33H54O2. The Balaban J connectivity index is 1.34. The van der Waals surface area contributed by atoms with Crippen LogP contribution < -0.4 is 0 Å². The largest absolute Gasteiger partial charge is 0.462 e. The summed E-state index contributed by atoms with van der Waals surface area (Å²) < 4.78 is 5.81. The molecule has 0 N–H and O–H groups in total. The molecule has 0 aromatic heterocycles. The van der Waals surface area contributed by atoms with Crippen molar-refractivity contribution >= 4 is 5.97 Å². The number of fused-ring (bicyclic) bond motifs is 2. The molecule has 198 valence electrons. The summed E-state index contributed by atoms with van der Waals surface area (Å²) in [5.74, 6) is 4.55. The van der Waals surface area contributed by atoms with E-state index >= 15 is 0 Å². The van der Waals surface area contributed by atoms with Crippen molar-refractivity contribution in [3.8, 4) is 0 Å². The maximum atomic E-state index is 11.7. The van der Waals surface area contributed by atoms with Crippen LogP contribution in [0.5, 0.6) is 0 Å². The highest BCUT2D eigenvalue weighted by Crippen LogP contribution is 2.88. The monoisotopic (exact) mass is 482 g/mol. The molecule has 0 aromatic carbocycles. The number of allylic oxidation sites excluding steroid dienone is 2. The number of carbonyl (C=O) groups is 1. The summed E-state index contributed by atoms with van der Waals surface area (Å²) in [7, 11) is 0. The van der Waals surface area contributed by atoms with Gasteiger partial charge in [0.2, 0.25) is 0 Å². The van der Waals surface area contributed by atoms with Gasteiger partial charge in [-0.2, -0.15) is 0 Å². The van der Waals surface area contributed by atoms with Gasteiger partial charge in [-0.05, 0) is 135 Å². The maximum absolute atomic E-state index is 11.7. The van der Waals surface area contributed by atoms with Crippen LogP contribution in [0.2, 0.25) is 0 Å². The van der Waals surface area contributed by atoms with E-state index in [1.54, 1.807) is 12.5 Å². The van der Waals surface area contributed by atoms with E-state index in [1.807, 2.05) is 0 Å². The van der Waals surface area contributed by atoms with Gasteiger partial charge in [0.1, 0.15) is 6.10 Å². The van der Waals surface area contributed by atoms with E-state index in [0.29, 0.717) is 33.5 Å². The highest BCUT2D eigenvalue weighted by Gasteiger charge is 2.81. The first-order valence-corrected chi connectivity index (χ1v) is 15.3. The second-order valence-corrected chi connectivity index (χ2v) is 14.8. The summed E-state index contributed by atoms with van der Waals surface area (Å²) >= 11 is 0. The third-order valence-electron chi connectivity index (χ3n) is 13.7. The first-order valence-electron chi connectivity index (χ1n) is 15.3. The molecule has 2 heteroatoms. The zero-order valence-electron chi connectivity index (χ0n) is 24.2. The SMILES string of the molecule is CC=C(CCC(C)C1CCC2(C)C3CCC4C(C)C(OC(C)=O)CCC45CC35CCC12C)C(C)C. The molecule has 2 nitrogen and oxygen atoms in total. The smallest absolute Gasteiger partial charge is 0.302 e. The van der Waals surface area contributed by atoms with Crippen molar-refractivity contribution in [2.45, 2.75) is 132 Å². The van der Waals surface area contributed by atoms with Crippen LogP contribution in [0.25, 0.3) is 0 Å². The molecule has 5 rings (SSSR count). The summed E-state index contributed by atoms with van der Waals surface area (Å²) in [5.41, 5.74) is 3.84. The minimum atomic E-state index is -0.0843. The predicted octanol–water partition coefficient (Wildman–Crippen LogP) is 8.99. The molecule has 0 bridgehead atoms. The summed E-state index contributed by atoms with van der Waals surface area (Å²) in [6.45, 7) is 19.0. The number of hydrogen-bond acceptors (Lipinski definition) is 2. The van der Waals surface area contributed by atoms with Gasteiger partial charge in [0.15, 0.2) is 0 Å². The standard InChI is InChI=1S/C33H54O2/c1-9-25(21(2)3)11-10-22(4)26-14-16-31(8)29-13-12-27-23(5)28(35-24(6)34)15-17-32(27)20-33(29,32)19-18-30(26,31)7/h9,21-23,26-29H,10-20H2,1-8H3. The fourth-order valence-corrected chi connectivity index (χ4v) is 11.7. The fourth-order valence-electron chi connectivity index (χ4n) is 11.7. The number of rotatable bonds is 6. The Hall–Kier alpha value is -0.790. The molecule has 35 heavy (non-hydrogen) atoms. The molecule has 0 heterocycles. The molecule has 5 saturated carbocycles. The van der Waals surface area contributed by atoms with E-state index in [-0.39, 0.29) is 12.1 Å². The summed E-state index contributed by atoms with van der Waals surface area (Å²) in [4.78, 5) is 11.7. The first-order chi connectivity index (χ1) is 16.5. The maximum Gasteiger partial charge on any atom is 0.302 e. The van der Waals surface area contributed by atoms with E-state index < -0.39 is 0 Å². The molecule has 0 aliphatic heterocycles. The molecule has 5 aliphatic rings. The van der Waals surface area contributed by atoms with Gasteiger partial charge in [-0.15, -0.1) is 0 Å². The van der Waals surface area contributed by atoms with Crippen LogP contribution in [0.1, 0.15) is 126 Å². The molecule has 0 radical (unpaired) electrons. The van der Waals surface area contributed by atoms with Gasteiger partial charge in [-0.1, -0.05) is 53.2 Å². The van der Waals surface area contributed by atoms with Crippen LogP contribution in [-0.4, -0.2) is 12.1 Å². The normalized spacial score (nSPS) is 49.5. The highest BCUT2D eigenvalue weighted by atomic mass is 16.5. The van der Waals surface area contributed by atoms with Gasteiger partial charge >= 0.3 is 5.97 Å². The Morgan fingerprint density at radius 1 is 0.971 bits per heavy atom. The molecule has 5 aliphatic carbocycles. The van der Waals surface area contributed by atoms with Crippen LogP contribution in [0.15, 0.2) is 11.6 Å². The molecule has 10 unspecified atom stereocenters. The molecule has 2 spiro atoms. The van der Waals surface area contributed by atoms with E-state index in [0.717, 1.165) is 30.1 Å². The zero-order chi connectivity index (χ0) is 25.4. The average molecular weight is 483 g/mol. The van der Waals surface area contributed by atoms with Crippen LogP contribution in [0, 0.1) is 57.2 Å². The van der Waals surface area contributed by atoms with Gasteiger partial charge in [-0.25, -0.2) is 0 Å². The number of ether oxygens (including phenoxy) is 1. The number of esters is 1. The van der Waals surface area contributed by atoms with Crippen LogP contribution in [0.4, 0.5) is 0 Å². The topological polar surface area (TPSA) is 26.3 Å². The van der Waals surface area contributed by atoms with Crippen molar-refractivity contribution in [1.29, 1.82) is 0 Å². The third-order valence-corrected chi connectivity index (χ3v) is 13.7. The highest BCUT2D eigenvalue weighted by molar-refractivity contribution is 5.66. The molecule has 5 fully saturated rings. The van der Waals surface area contributed by atoms with E-state index in [9.17, 15) is 4.79 Å². The quantitative estimate of drug-likeness (QED) is 0.279. The predicted molar refractivity (Wildman–Crippen MR) is 145 cm³/mol. The van der Waals surface area contributed by atoms with Gasteiger partial charge in [0, 0.05) is 6.92 Å². The van der Waals surface area contributed by atoms with Crippen molar-refractivity contribution in [3.05, 3.63) is 11.6 Å². The average Bonchev–Trinajstić information content (AvgIpc) is 3.38. The van der Waals surface area contributed by atoms with Crippen molar-refractivity contribution < 1.29 is 9.53 Å². The lowest BCUT2D eigenvalue weighted by Gasteiger charge is -2.62. The Bertz CT molecular complexity index is 872. The van der Waals surface area contributed by atoms with Crippen molar-refractivity contribution in [2.75, 3.05) is 0 Å². The summed E-state index contributed by atoms with van der Waals surface area (Å²) in [6.07, 6.45) is 17.7. The van der Waals surface area contributed by atoms with Gasteiger partial charge in [0.25, 0.3) is 0 Å².